The van der Waals surface area contributed by atoms with Crippen molar-refractivity contribution in [1.29, 1.82) is 0 Å². The van der Waals surface area contributed by atoms with E-state index in [1.165, 1.54) is 5.56 Å². The van der Waals surface area contributed by atoms with Crippen LogP contribution in [0.1, 0.15) is 23.4 Å². The van der Waals surface area contributed by atoms with E-state index in [1.807, 2.05) is 35.9 Å². The van der Waals surface area contributed by atoms with Crippen molar-refractivity contribution in [2.24, 2.45) is 0 Å². The molecule has 0 aliphatic rings. The first-order chi connectivity index (χ1) is 10.9. The molecular weight excluding hydrogens is 356 g/mol. The number of aryl methyl sites for hydroxylation is 1. The van der Waals surface area contributed by atoms with Gasteiger partial charge in [0.2, 0.25) is 5.91 Å². The third-order valence-electron chi connectivity index (χ3n) is 3.83. The number of benzene rings is 1. The predicted octanol–water partition coefficient (Wildman–Crippen LogP) is 2.82. The van der Waals surface area contributed by atoms with E-state index >= 15 is 0 Å². The van der Waals surface area contributed by atoms with Crippen molar-refractivity contribution in [3.63, 3.8) is 0 Å². The first kappa shape index (κ1) is 17.7. The average molecular weight is 379 g/mol. The van der Waals surface area contributed by atoms with E-state index in [-0.39, 0.29) is 5.91 Å². The van der Waals surface area contributed by atoms with Gasteiger partial charge in [0, 0.05) is 49.3 Å². The molecule has 6 heteroatoms. The Morgan fingerprint density at radius 2 is 1.91 bits per heavy atom. The number of rotatable bonds is 6. The van der Waals surface area contributed by atoms with Crippen LogP contribution < -0.4 is 5.32 Å². The minimum atomic E-state index is 0.136. The van der Waals surface area contributed by atoms with Crippen LogP contribution in [0, 0.1) is 13.8 Å². The monoisotopic (exact) mass is 378 g/mol. The fourth-order valence-electron chi connectivity index (χ4n) is 2.40. The van der Waals surface area contributed by atoms with Crippen molar-refractivity contribution in [3.05, 3.63) is 45.7 Å². The van der Waals surface area contributed by atoms with Crippen LogP contribution in [0.2, 0.25) is 0 Å². The highest BCUT2D eigenvalue weighted by atomic mass is 79.9. The summed E-state index contributed by atoms with van der Waals surface area (Å²) in [6.45, 7) is 5.47. The molecule has 0 aliphatic carbocycles. The van der Waals surface area contributed by atoms with Crippen molar-refractivity contribution in [1.82, 2.24) is 20.0 Å². The molecule has 0 aliphatic heterocycles. The molecule has 23 heavy (non-hydrogen) atoms. The summed E-state index contributed by atoms with van der Waals surface area (Å²) in [7, 11) is 3.55. The van der Waals surface area contributed by atoms with E-state index in [0.29, 0.717) is 13.0 Å². The highest BCUT2D eigenvalue weighted by molar-refractivity contribution is 9.10. The van der Waals surface area contributed by atoms with Crippen LogP contribution in [0.4, 0.5) is 0 Å². The van der Waals surface area contributed by atoms with E-state index in [2.05, 4.69) is 33.3 Å². The lowest BCUT2D eigenvalue weighted by molar-refractivity contribution is -0.128. The van der Waals surface area contributed by atoms with Gasteiger partial charge in [-0.3, -0.25) is 4.79 Å². The molecule has 1 N–H and O–H groups in total. The van der Waals surface area contributed by atoms with E-state index in [4.69, 9.17) is 0 Å². The third kappa shape index (κ3) is 4.42. The molecule has 0 bridgehead atoms. The molecule has 2 rings (SSSR count). The number of aromatic nitrogens is 2. The minimum absolute atomic E-state index is 0.136. The van der Waals surface area contributed by atoms with Crippen LogP contribution in [0.25, 0.3) is 5.69 Å². The van der Waals surface area contributed by atoms with Gasteiger partial charge >= 0.3 is 0 Å². The summed E-state index contributed by atoms with van der Waals surface area (Å²) >= 11 is 3.45. The Bertz CT molecular complexity index is 677. The highest BCUT2D eigenvalue weighted by Gasteiger charge is 2.12. The number of carbonyl (C=O) groups is 1. The summed E-state index contributed by atoms with van der Waals surface area (Å²) in [5.41, 5.74) is 4.36. The molecule has 0 unspecified atom stereocenters. The van der Waals surface area contributed by atoms with Crippen molar-refractivity contribution in [2.75, 3.05) is 20.6 Å². The maximum atomic E-state index is 11.6. The van der Waals surface area contributed by atoms with E-state index < -0.39 is 0 Å². The zero-order chi connectivity index (χ0) is 17.0. The van der Waals surface area contributed by atoms with Gasteiger partial charge in [-0.15, -0.1) is 0 Å². The lowest BCUT2D eigenvalue weighted by atomic mass is 10.2. The highest BCUT2D eigenvalue weighted by Crippen LogP contribution is 2.19. The van der Waals surface area contributed by atoms with Crippen LogP contribution in [0.3, 0.4) is 0 Å². The maximum absolute atomic E-state index is 11.6. The summed E-state index contributed by atoms with van der Waals surface area (Å²) in [5.74, 6) is 0.136. The standard InChI is InChI=1S/C17H23BrN4O/c1-12-16(11-19-10-9-17(23)21(3)4)13(2)22(20-12)15-7-5-14(18)6-8-15/h5-8,19H,9-11H2,1-4H3. The summed E-state index contributed by atoms with van der Waals surface area (Å²) in [4.78, 5) is 13.2. The topological polar surface area (TPSA) is 50.2 Å². The average Bonchev–Trinajstić information content (AvgIpc) is 2.79. The molecule has 124 valence electrons. The molecule has 0 saturated heterocycles. The smallest absolute Gasteiger partial charge is 0.223 e. The van der Waals surface area contributed by atoms with Crippen molar-refractivity contribution in [2.45, 2.75) is 26.8 Å². The molecular formula is C17H23BrN4O. The van der Waals surface area contributed by atoms with Crippen LogP contribution in [-0.4, -0.2) is 41.2 Å². The van der Waals surface area contributed by atoms with Gasteiger partial charge in [0.05, 0.1) is 11.4 Å². The van der Waals surface area contributed by atoms with E-state index in [0.717, 1.165) is 28.1 Å². The minimum Gasteiger partial charge on any atom is -0.349 e. The van der Waals surface area contributed by atoms with Gasteiger partial charge in [0.15, 0.2) is 0 Å². The maximum Gasteiger partial charge on any atom is 0.223 e. The fourth-order valence-corrected chi connectivity index (χ4v) is 2.66. The first-order valence-electron chi connectivity index (χ1n) is 7.62. The Morgan fingerprint density at radius 1 is 1.26 bits per heavy atom. The number of halogens is 1. The van der Waals surface area contributed by atoms with Crippen LogP contribution in [0.15, 0.2) is 28.7 Å². The summed E-state index contributed by atoms with van der Waals surface area (Å²) < 4.78 is 3.01. The Morgan fingerprint density at radius 3 is 2.52 bits per heavy atom. The quantitative estimate of drug-likeness (QED) is 0.786. The summed E-state index contributed by atoms with van der Waals surface area (Å²) in [6, 6.07) is 8.10. The van der Waals surface area contributed by atoms with Gasteiger partial charge in [-0.1, -0.05) is 15.9 Å². The van der Waals surface area contributed by atoms with Crippen LogP contribution >= 0.6 is 15.9 Å². The summed E-state index contributed by atoms with van der Waals surface area (Å²) in [5, 5.41) is 7.97. The molecule has 1 heterocycles. The molecule has 1 aromatic carbocycles. The Labute approximate surface area is 145 Å². The second kappa shape index (κ2) is 7.75. The second-order valence-electron chi connectivity index (χ2n) is 5.75. The summed E-state index contributed by atoms with van der Waals surface area (Å²) in [6.07, 6.45) is 0.506. The van der Waals surface area contributed by atoms with E-state index in [9.17, 15) is 4.79 Å². The Kier molecular flexibility index (Phi) is 5.96. The van der Waals surface area contributed by atoms with Gasteiger partial charge in [-0.2, -0.15) is 5.10 Å². The zero-order valence-corrected chi connectivity index (χ0v) is 15.6. The number of nitrogens with one attached hydrogen (secondary N) is 1. The van der Waals surface area contributed by atoms with Gasteiger partial charge in [-0.25, -0.2) is 4.68 Å². The van der Waals surface area contributed by atoms with Crippen molar-refractivity contribution < 1.29 is 4.79 Å². The van der Waals surface area contributed by atoms with Crippen molar-refractivity contribution in [3.8, 4) is 5.69 Å². The predicted molar refractivity (Wildman–Crippen MR) is 95.8 cm³/mol. The van der Waals surface area contributed by atoms with Crippen LogP contribution in [0.5, 0.6) is 0 Å². The molecule has 1 aromatic heterocycles. The van der Waals surface area contributed by atoms with Gasteiger partial charge in [0.25, 0.3) is 0 Å². The number of hydrogen-bond donors (Lipinski definition) is 1. The normalized spacial score (nSPS) is 10.8. The number of carbonyl (C=O) groups excluding carboxylic acids is 1. The van der Waals surface area contributed by atoms with Gasteiger partial charge < -0.3 is 10.2 Å². The second-order valence-corrected chi connectivity index (χ2v) is 6.67. The number of nitrogens with zero attached hydrogens (tertiary/aromatic N) is 3. The Hall–Kier alpha value is -1.66. The van der Waals surface area contributed by atoms with Gasteiger partial charge in [-0.05, 0) is 38.1 Å². The zero-order valence-electron chi connectivity index (χ0n) is 14.1. The molecule has 0 saturated carbocycles. The fraction of sp³-hybridized carbons (Fsp3) is 0.412. The molecule has 1 amide bonds. The molecule has 5 nitrogen and oxygen atoms in total. The van der Waals surface area contributed by atoms with E-state index in [1.54, 1.807) is 19.0 Å². The largest absolute Gasteiger partial charge is 0.349 e. The molecule has 0 radical (unpaired) electrons. The van der Waals surface area contributed by atoms with Crippen LogP contribution in [-0.2, 0) is 11.3 Å². The molecule has 0 spiro atoms. The van der Waals surface area contributed by atoms with Gasteiger partial charge in [0.1, 0.15) is 0 Å². The lowest BCUT2D eigenvalue weighted by Crippen LogP contribution is -2.26. The molecule has 0 fully saturated rings. The third-order valence-corrected chi connectivity index (χ3v) is 4.36. The lowest BCUT2D eigenvalue weighted by Gasteiger charge is -2.10. The number of amides is 1. The Balaban J connectivity index is 2.03. The molecule has 0 atom stereocenters. The number of hydrogen-bond acceptors (Lipinski definition) is 3. The van der Waals surface area contributed by atoms with Crippen molar-refractivity contribution >= 4 is 21.8 Å². The first-order valence-corrected chi connectivity index (χ1v) is 8.41. The SMILES string of the molecule is Cc1nn(-c2ccc(Br)cc2)c(C)c1CNCCC(=O)N(C)C. The molecule has 2 aromatic rings.